The van der Waals surface area contributed by atoms with E-state index in [0.29, 0.717) is 0 Å². The van der Waals surface area contributed by atoms with Crippen molar-refractivity contribution in [2.45, 2.75) is 41.5 Å². The van der Waals surface area contributed by atoms with E-state index in [4.69, 9.17) is 19.9 Å². The Labute approximate surface area is 216 Å². The standard InChI is InChI=1S/C24H27As3Cl2N3/c1-16-10-7-11-17(2)22(16)30-25-31(23-18(3)12-8-13-19(23)4)27(29)32(26(30)28)24-20(5)14-9-15-21(24)6/h7-15H,1-6H3/q+1. The minimum atomic E-state index is -2.16. The van der Waals surface area contributed by atoms with Crippen LogP contribution in [-0.4, -0.2) is 46.5 Å². The van der Waals surface area contributed by atoms with E-state index in [1.165, 1.54) is 50.4 Å². The normalized spacial score (nSPS) is 19.2. The maximum atomic E-state index is 7.48. The summed E-state index contributed by atoms with van der Waals surface area (Å²) in [6, 6.07) is 19.5. The second-order valence-corrected chi connectivity index (χ2v) is 23.2. The molecule has 0 saturated heterocycles. The molecule has 0 aromatic heterocycles. The van der Waals surface area contributed by atoms with Crippen molar-refractivity contribution in [3.05, 3.63) is 88.0 Å². The van der Waals surface area contributed by atoms with E-state index in [-0.39, 0.29) is 15.8 Å². The van der Waals surface area contributed by atoms with Gasteiger partial charge in [0.25, 0.3) is 0 Å². The molecular weight excluding hydrogens is 626 g/mol. The Balaban J connectivity index is 2.01. The van der Waals surface area contributed by atoms with Gasteiger partial charge in [-0.15, -0.1) is 0 Å². The van der Waals surface area contributed by atoms with Gasteiger partial charge in [0.05, 0.1) is 0 Å². The van der Waals surface area contributed by atoms with Crippen LogP contribution in [0.2, 0.25) is 0 Å². The second-order valence-electron chi connectivity index (χ2n) is 8.16. The number of rotatable bonds is 3. The van der Waals surface area contributed by atoms with Gasteiger partial charge >= 0.3 is 218 Å². The van der Waals surface area contributed by atoms with Gasteiger partial charge in [-0.25, -0.2) is 0 Å². The molecule has 0 amide bonds. The van der Waals surface area contributed by atoms with Crippen LogP contribution in [0, 0.1) is 41.5 Å². The summed E-state index contributed by atoms with van der Waals surface area (Å²) in [6.45, 7) is 13.1. The Morgan fingerprint density at radius 2 is 1.06 bits per heavy atom. The van der Waals surface area contributed by atoms with Crippen molar-refractivity contribution in [2.75, 3.05) is 5.47 Å². The first-order valence-electron chi connectivity index (χ1n) is 10.4. The summed E-state index contributed by atoms with van der Waals surface area (Å²) in [5.41, 5.74) is 11.4. The van der Waals surface area contributed by atoms with Crippen molar-refractivity contribution in [3.63, 3.8) is 0 Å². The number of nitrogens with zero attached hydrogens (tertiary/aromatic N) is 3. The number of hydrogen-bond donors (Lipinski definition) is 0. The van der Waals surface area contributed by atoms with E-state index in [0.717, 1.165) is 0 Å². The fourth-order valence-electron chi connectivity index (χ4n) is 4.15. The third-order valence-electron chi connectivity index (χ3n) is 5.71. The molecule has 1 aliphatic heterocycles. The monoisotopic (exact) mass is 652 g/mol. The zero-order chi connectivity index (χ0) is 23.2. The molecule has 4 rings (SSSR count). The minimum absolute atomic E-state index is 0.378. The number of hydrogen-bond acceptors (Lipinski definition) is 2. The molecule has 0 saturated carbocycles. The molecule has 32 heavy (non-hydrogen) atoms. The molecule has 0 radical (unpaired) electrons. The number of anilines is 2. The first-order chi connectivity index (χ1) is 15.2. The zero-order valence-corrected chi connectivity index (χ0v) is 26.3. The van der Waals surface area contributed by atoms with Gasteiger partial charge in [-0.2, -0.15) is 0 Å². The topological polar surface area (TPSA) is 9.49 Å². The van der Waals surface area contributed by atoms with Gasteiger partial charge in [0.15, 0.2) is 0 Å². The van der Waals surface area contributed by atoms with E-state index in [9.17, 15) is 0 Å². The van der Waals surface area contributed by atoms with Crippen LogP contribution < -0.4 is 5.47 Å². The molecule has 0 bridgehead atoms. The molecule has 1 aliphatic rings. The summed E-state index contributed by atoms with van der Waals surface area (Å²) in [6.07, 6.45) is 0. The first-order valence-corrected chi connectivity index (χ1v) is 20.4. The van der Waals surface area contributed by atoms with Crippen LogP contribution in [0.3, 0.4) is 0 Å². The molecular formula is C24H27As3Cl2N3+. The Bertz CT molecular complexity index is 1150. The van der Waals surface area contributed by atoms with Gasteiger partial charge in [0.1, 0.15) is 0 Å². The fourth-order valence-corrected chi connectivity index (χ4v) is 31.7. The number of aryl methyl sites for hydroxylation is 6. The van der Waals surface area contributed by atoms with E-state index in [1.807, 2.05) is 0 Å². The first kappa shape index (κ1) is 24.4. The SMILES string of the molecule is Cc1cccc(C)c1N1[As]=[N+](c2c(C)cccc2C)[As](Cl)N(c2c(C)cccc2C)[As]1Cl. The van der Waals surface area contributed by atoms with Crippen LogP contribution in [0.4, 0.5) is 17.1 Å². The van der Waals surface area contributed by atoms with Gasteiger partial charge in [-0.1, -0.05) is 0 Å². The number of halogens is 2. The van der Waals surface area contributed by atoms with E-state index >= 15 is 0 Å². The van der Waals surface area contributed by atoms with Gasteiger partial charge in [-0.3, -0.25) is 0 Å². The number of benzene rings is 3. The van der Waals surface area contributed by atoms with Crippen molar-refractivity contribution in [2.24, 2.45) is 0 Å². The predicted octanol–water partition coefficient (Wildman–Crippen LogP) is 6.46. The van der Waals surface area contributed by atoms with E-state index in [2.05, 4.69) is 104 Å². The van der Waals surface area contributed by atoms with Crippen molar-refractivity contribution in [3.8, 4) is 0 Å². The van der Waals surface area contributed by atoms with Crippen LogP contribution in [0.1, 0.15) is 33.4 Å². The molecule has 3 aromatic rings. The average Bonchev–Trinajstić information content (AvgIpc) is 2.72. The molecule has 0 N–H and O–H groups in total. The fraction of sp³-hybridized carbons (Fsp3) is 0.250. The Kier molecular flexibility index (Phi) is 7.56. The summed E-state index contributed by atoms with van der Waals surface area (Å²) in [4.78, 5) is 0. The second kappa shape index (κ2) is 9.89. The van der Waals surface area contributed by atoms with Gasteiger partial charge in [-0.05, 0) is 0 Å². The van der Waals surface area contributed by atoms with Crippen molar-refractivity contribution in [1.82, 2.24) is 0 Å². The van der Waals surface area contributed by atoms with Crippen LogP contribution in [0.5, 0.6) is 0 Å². The predicted molar refractivity (Wildman–Crippen MR) is 142 cm³/mol. The molecule has 1 heterocycles. The molecule has 2 atom stereocenters. The molecule has 8 heteroatoms. The summed E-state index contributed by atoms with van der Waals surface area (Å²) in [5.74, 6) is 0. The molecule has 0 fully saturated rings. The molecule has 3 aromatic carbocycles. The zero-order valence-electron chi connectivity index (χ0n) is 19.1. The third kappa shape index (κ3) is 4.37. The number of para-hydroxylation sites is 3. The average molecular weight is 653 g/mol. The Hall–Kier alpha value is -0.685. The molecule has 166 valence electrons. The van der Waals surface area contributed by atoms with Crippen LogP contribution in [0.25, 0.3) is 0 Å². The molecule has 0 spiro atoms. The van der Waals surface area contributed by atoms with E-state index < -0.39 is 28.3 Å². The Morgan fingerprint density at radius 3 is 1.53 bits per heavy atom. The van der Waals surface area contributed by atoms with Crippen molar-refractivity contribution < 1.29 is 2.36 Å². The van der Waals surface area contributed by atoms with Gasteiger partial charge < -0.3 is 0 Å². The molecule has 2 unspecified atom stereocenters. The summed E-state index contributed by atoms with van der Waals surface area (Å²) >= 11 is -4.69. The summed E-state index contributed by atoms with van der Waals surface area (Å²) < 4.78 is 7.55. The van der Waals surface area contributed by atoms with Crippen LogP contribution in [-0.2, 0) is 0 Å². The maximum absolute atomic E-state index is 7.48. The quantitative estimate of drug-likeness (QED) is 0.301. The molecule has 0 aliphatic carbocycles. The third-order valence-corrected chi connectivity index (χ3v) is 28.6. The van der Waals surface area contributed by atoms with Crippen LogP contribution in [0.15, 0.2) is 54.6 Å². The van der Waals surface area contributed by atoms with Gasteiger partial charge in [0.2, 0.25) is 0 Å². The molecule has 3 nitrogen and oxygen atoms in total. The Morgan fingerprint density at radius 1 is 0.656 bits per heavy atom. The van der Waals surface area contributed by atoms with Gasteiger partial charge in [0, 0.05) is 0 Å². The van der Waals surface area contributed by atoms with Crippen molar-refractivity contribution >= 4 is 81.1 Å². The summed E-state index contributed by atoms with van der Waals surface area (Å²) in [5, 5.41) is 0. The summed E-state index contributed by atoms with van der Waals surface area (Å²) in [7, 11) is 15.0. The van der Waals surface area contributed by atoms with Crippen molar-refractivity contribution in [1.29, 1.82) is 0 Å². The van der Waals surface area contributed by atoms with E-state index in [1.54, 1.807) is 0 Å². The van der Waals surface area contributed by atoms with Crippen LogP contribution >= 0.6 is 19.9 Å².